The van der Waals surface area contributed by atoms with Gasteiger partial charge >= 0.3 is 5.97 Å². The molecule has 0 spiro atoms. The van der Waals surface area contributed by atoms with Crippen molar-refractivity contribution in [1.29, 1.82) is 0 Å². The van der Waals surface area contributed by atoms with Crippen molar-refractivity contribution in [2.45, 2.75) is 90.3 Å². The Morgan fingerprint density at radius 2 is 1.60 bits per heavy atom. The van der Waals surface area contributed by atoms with Crippen LogP contribution in [-0.4, -0.2) is 35.4 Å². The molecule has 0 radical (unpaired) electrons. The number of carbonyl (C=O) groups is 1. The van der Waals surface area contributed by atoms with E-state index in [1.807, 2.05) is 24.5 Å². The highest BCUT2D eigenvalue weighted by Gasteiger charge is 2.29. The number of benzene rings is 1. The lowest BCUT2D eigenvalue weighted by Crippen LogP contribution is -2.38. The Bertz CT molecular complexity index is 899. The first kappa shape index (κ1) is 25.8. The van der Waals surface area contributed by atoms with Gasteiger partial charge in [0.25, 0.3) is 0 Å². The molecule has 2 aromatic rings. The highest BCUT2D eigenvalue weighted by Crippen LogP contribution is 2.37. The summed E-state index contributed by atoms with van der Waals surface area (Å²) in [6.07, 6.45) is 15.8. The molecule has 2 fully saturated rings. The van der Waals surface area contributed by atoms with Crippen LogP contribution < -0.4 is 4.74 Å². The SMILES string of the molecule is CCCCC[C@H]1OC[C@H](C(=O)Oc2ccc(-c3ncc([C@H]4CC[C@H](CCC)CC4)cn3)cc2)CO1. The Labute approximate surface area is 209 Å². The number of unbranched alkanes of at least 4 members (excludes halogenated alkanes) is 2. The molecule has 2 aliphatic rings. The Kier molecular flexibility index (Phi) is 9.66. The Hall–Kier alpha value is -2.31. The van der Waals surface area contributed by atoms with Gasteiger partial charge in [-0.15, -0.1) is 0 Å². The molecule has 0 N–H and O–H groups in total. The van der Waals surface area contributed by atoms with Crippen molar-refractivity contribution in [3.63, 3.8) is 0 Å². The molecule has 1 saturated heterocycles. The maximum Gasteiger partial charge on any atom is 0.319 e. The van der Waals surface area contributed by atoms with Crippen LogP contribution in [0.1, 0.15) is 89.5 Å². The van der Waals surface area contributed by atoms with Crippen LogP contribution in [0.25, 0.3) is 11.4 Å². The van der Waals surface area contributed by atoms with Gasteiger partial charge in [0.05, 0.1) is 13.2 Å². The molecule has 1 aromatic carbocycles. The molecule has 0 unspecified atom stereocenters. The van der Waals surface area contributed by atoms with E-state index in [0.717, 1.165) is 30.7 Å². The average molecular weight is 481 g/mol. The topological polar surface area (TPSA) is 70.5 Å². The van der Waals surface area contributed by atoms with E-state index in [2.05, 4.69) is 23.8 Å². The number of aromatic nitrogens is 2. The van der Waals surface area contributed by atoms with Gasteiger partial charge in [0, 0.05) is 18.0 Å². The van der Waals surface area contributed by atoms with Crippen molar-refractivity contribution in [1.82, 2.24) is 9.97 Å². The third-order valence-electron chi connectivity index (χ3n) is 7.36. The molecule has 1 aliphatic heterocycles. The molecule has 0 amide bonds. The summed E-state index contributed by atoms with van der Waals surface area (Å²) >= 11 is 0. The lowest BCUT2D eigenvalue weighted by molar-refractivity contribution is -0.208. The van der Waals surface area contributed by atoms with Crippen molar-refractivity contribution < 1.29 is 19.0 Å². The van der Waals surface area contributed by atoms with Gasteiger partial charge in [0.15, 0.2) is 12.1 Å². The predicted octanol–water partition coefficient (Wildman–Crippen LogP) is 6.69. The Morgan fingerprint density at radius 1 is 0.914 bits per heavy atom. The van der Waals surface area contributed by atoms with E-state index in [9.17, 15) is 4.79 Å². The molecule has 6 heteroatoms. The van der Waals surface area contributed by atoms with Gasteiger partial charge in [-0.1, -0.05) is 39.5 Å². The first-order valence-electron chi connectivity index (χ1n) is 13.5. The zero-order valence-corrected chi connectivity index (χ0v) is 21.3. The molecule has 0 atom stereocenters. The van der Waals surface area contributed by atoms with Gasteiger partial charge < -0.3 is 14.2 Å². The molecule has 35 heavy (non-hydrogen) atoms. The maximum atomic E-state index is 12.5. The third kappa shape index (κ3) is 7.34. The van der Waals surface area contributed by atoms with Gasteiger partial charge in [-0.05, 0) is 80.2 Å². The highest BCUT2D eigenvalue weighted by atomic mass is 16.7. The van der Waals surface area contributed by atoms with Crippen molar-refractivity contribution in [2.75, 3.05) is 13.2 Å². The standard InChI is InChI=1S/C29H40N2O4/c1-3-5-6-8-27-33-19-25(20-34-27)29(32)35-26-15-13-23(14-16-26)28-30-17-24(18-31-28)22-11-9-21(7-4-2)10-12-22/h13-18,21-22,25,27H,3-12,19-20H2,1-2H3/t21-,22-,25-,27-. The number of nitrogens with zero attached hydrogens (tertiary/aromatic N) is 2. The molecule has 6 nitrogen and oxygen atoms in total. The summed E-state index contributed by atoms with van der Waals surface area (Å²) in [7, 11) is 0. The number of ether oxygens (including phenoxy) is 3. The lowest BCUT2D eigenvalue weighted by Gasteiger charge is -2.28. The fourth-order valence-electron chi connectivity index (χ4n) is 5.17. The third-order valence-corrected chi connectivity index (χ3v) is 7.36. The van der Waals surface area contributed by atoms with E-state index in [1.54, 1.807) is 12.1 Å². The van der Waals surface area contributed by atoms with Crippen LogP contribution in [0.5, 0.6) is 5.75 Å². The average Bonchev–Trinajstić information content (AvgIpc) is 2.90. The Morgan fingerprint density at radius 3 is 2.23 bits per heavy atom. The fraction of sp³-hybridized carbons (Fsp3) is 0.621. The van der Waals surface area contributed by atoms with Crippen molar-refractivity contribution in [3.05, 3.63) is 42.2 Å². The van der Waals surface area contributed by atoms with Crippen LogP contribution >= 0.6 is 0 Å². The van der Waals surface area contributed by atoms with E-state index in [4.69, 9.17) is 14.2 Å². The van der Waals surface area contributed by atoms with E-state index in [0.29, 0.717) is 30.7 Å². The summed E-state index contributed by atoms with van der Waals surface area (Å²) in [6, 6.07) is 7.37. The molecule has 1 saturated carbocycles. The molecule has 2 heterocycles. The quantitative estimate of drug-likeness (QED) is 0.214. The van der Waals surface area contributed by atoms with E-state index < -0.39 is 5.92 Å². The van der Waals surface area contributed by atoms with Crippen LogP contribution in [0.2, 0.25) is 0 Å². The number of hydrogen-bond donors (Lipinski definition) is 0. The monoisotopic (exact) mass is 480 g/mol. The largest absolute Gasteiger partial charge is 0.426 e. The molecule has 1 aliphatic carbocycles. The second-order valence-corrected chi connectivity index (χ2v) is 10.1. The molecular formula is C29H40N2O4. The minimum Gasteiger partial charge on any atom is -0.426 e. The summed E-state index contributed by atoms with van der Waals surface area (Å²) in [5.74, 6) is 1.95. The van der Waals surface area contributed by atoms with Crippen molar-refractivity contribution in [2.24, 2.45) is 11.8 Å². The smallest absolute Gasteiger partial charge is 0.319 e. The number of carbonyl (C=O) groups excluding carboxylic acids is 1. The summed E-state index contributed by atoms with van der Waals surface area (Å²) in [5, 5.41) is 0. The highest BCUT2D eigenvalue weighted by molar-refractivity contribution is 5.75. The predicted molar refractivity (Wildman–Crippen MR) is 136 cm³/mol. The molecular weight excluding hydrogens is 440 g/mol. The maximum absolute atomic E-state index is 12.5. The summed E-state index contributed by atoms with van der Waals surface area (Å²) in [5.41, 5.74) is 2.15. The van der Waals surface area contributed by atoms with Crippen LogP contribution in [0.15, 0.2) is 36.7 Å². The van der Waals surface area contributed by atoms with Crippen LogP contribution in [0.4, 0.5) is 0 Å². The van der Waals surface area contributed by atoms with Crippen molar-refractivity contribution in [3.8, 4) is 17.1 Å². The zero-order chi connectivity index (χ0) is 24.5. The lowest BCUT2D eigenvalue weighted by atomic mass is 9.78. The van der Waals surface area contributed by atoms with E-state index in [-0.39, 0.29) is 12.3 Å². The molecule has 190 valence electrons. The van der Waals surface area contributed by atoms with Crippen LogP contribution in [0.3, 0.4) is 0 Å². The normalized spacial score (nSPS) is 24.7. The second-order valence-electron chi connectivity index (χ2n) is 10.1. The van der Waals surface area contributed by atoms with Gasteiger partial charge in [0.1, 0.15) is 11.7 Å². The number of rotatable bonds is 10. The summed E-state index contributed by atoms with van der Waals surface area (Å²) in [6.45, 7) is 5.13. The minimum absolute atomic E-state index is 0.202. The number of hydrogen-bond acceptors (Lipinski definition) is 6. The number of esters is 1. The molecule has 0 bridgehead atoms. The second kappa shape index (κ2) is 13.1. The van der Waals surface area contributed by atoms with E-state index >= 15 is 0 Å². The molecule has 4 rings (SSSR count). The van der Waals surface area contributed by atoms with Gasteiger partial charge in [-0.25, -0.2) is 9.97 Å². The fourth-order valence-corrected chi connectivity index (χ4v) is 5.17. The van der Waals surface area contributed by atoms with Gasteiger partial charge in [-0.2, -0.15) is 0 Å². The Balaban J connectivity index is 1.25. The van der Waals surface area contributed by atoms with Gasteiger partial charge in [0.2, 0.25) is 0 Å². The zero-order valence-electron chi connectivity index (χ0n) is 21.3. The van der Waals surface area contributed by atoms with Crippen LogP contribution in [-0.2, 0) is 14.3 Å². The van der Waals surface area contributed by atoms with Gasteiger partial charge in [-0.3, -0.25) is 4.79 Å². The van der Waals surface area contributed by atoms with Crippen molar-refractivity contribution >= 4 is 5.97 Å². The first-order valence-corrected chi connectivity index (χ1v) is 13.5. The van der Waals surface area contributed by atoms with E-state index in [1.165, 1.54) is 50.5 Å². The first-order chi connectivity index (χ1) is 17.2. The minimum atomic E-state index is -0.398. The summed E-state index contributed by atoms with van der Waals surface area (Å²) in [4.78, 5) is 21.8. The molecule has 1 aromatic heterocycles. The van der Waals surface area contributed by atoms with Crippen LogP contribution in [0, 0.1) is 11.8 Å². The summed E-state index contributed by atoms with van der Waals surface area (Å²) < 4.78 is 17.0.